The normalized spacial score (nSPS) is 14.1. The summed E-state index contributed by atoms with van der Waals surface area (Å²) in [5.41, 5.74) is 17.1. The van der Waals surface area contributed by atoms with Crippen molar-refractivity contribution in [2.45, 2.75) is 12.3 Å². The van der Waals surface area contributed by atoms with Gasteiger partial charge in [-0.1, -0.05) is 213 Å². The molecule has 0 radical (unpaired) electrons. The molecule has 0 aliphatic heterocycles. The molecule has 1 aliphatic carbocycles. The molecule has 2 heteroatoms. The van der Waals surface area contributed by atoms with Crippen LogP contribution in [-0.2, 0) is 5.41 Å². The van der Waals surface area contributed by atoms with Gasteiger partial charge in [-0.05, 0) is 110 Å². The fraction of sp³-hybridized carbons (Fsp3) is 0.0323. The maximum atomic E-state index is 4.55. The Labute approximate surface area is 377 Å². The lowest BCUT2D eigenvalue weighted by Crippen LogP contribution is -2.29. The first-order valence-corrected chi connectivity index (χ1v) is 21.9. The molecule has 2 nitrogen and oxygen atoms in total. The number of rotatable bonds is 12. The van der Waals surface area contributed by atoms with Gasteiger partial charge in [0.15, 0.2) is 0 Å². The van der Waals surface area contributed by atoms with E-state index in [1.165, 1.54) is 49.9 Å². The van der Waals surface area contributed by atoms with Gasteiger partial charge in [-0.2, -0.15) is 0 Å². The molecule has 0 heterocycles. The standard InChI is InChI=1S/C62H48N2/c1-4-21-44(2)36-37-45(3)52-40-38-51(43-60(52)63-49-28-12-7-13-29-49)64(61-35-20-25-47-24-14-15-31-54(47)61)50-39-41-56-55-32-17-19-34-58(55)62(59(56)42-50,48-26-10-6-11-27-48)57-33-18-16-30-53(57)46-22-8-5-9-23-46/h4-43,63H,2-3H2,1H3/b21-4-,37-36-. The van der Waals surface area contributed by atoms with Crippen molar-refractivity contribution in [3.05, 3.63) is 289 Å². The zero-order valence-corrected chi connectivity index (χ0v) is 36.0. The Hall–Kier alpha value is -8.20. The molecule has 306 valence electrons. The number of hydrogen-bond donors (Lipinski definition) is 1. The summed E-state index contributed by atoms with van der Waals surface area (Å²) in [6.45, 7) is 10.7. The van der Waals surface area contributed by atoms with Gasteiger partial charge in [0.1, 0.15) is 0 Å². The number of benzene rings is 9. The van der Waals surface area contributed by atoms with E-state index in [1.54, 1.807) is 0 Å². The second kappa shape index (κ2) is 17.3. The van der Waals surface area contributed by atoms with Crippen molar-refractivity contribution in [3.63, 3.8) is 0 Å². The predicted octanol–water partition coefficient (Wildman–Crippen LogP) is 16.8. The maximum absolute atomic E-state index is 4.55. The smallest absolute Gasteiger partial charge is 0.0720 e. The SMILES string of the molecule is C=C(/C=C\C)/C=C\C(=C)c1ccc(N(c2ccc3c(c2)C(c2ccccc2)(c2ccccc2-c2ccccc2)c2ccccc2-3)c2cccc3ccccc23)cc1Nc1ccccc1. The fourth-order valence-corrected chi connectivity index (χ4v) is 9.66. The van der Waals surface area contributed by atoms with Gasteiger partial charge in [-0.3, -0.25) is 0 Å². The fourth-order valence-electron chi connectivity index (χ4n) is 9.66. The molecule has 0 aromatic heterocycles. The van der Waals surface area contributed by atoms with Gasteiger partial charge >= 0.3 is 0 Å². The molecule has 1 aliphatic rings. The number of nitrogens with one attached hydrogen (secondary N) is 1. The van der Waals surface area contributed by atoms with Crippen molar-refractivity contribution < 1.29 is 0 Å². The Morgan fingerprint density at radius 3 is 1.86 bits per heavy atom. The molecule has 1 N–H and O–H groups in total. The van der Waals surface area contributed by atoms with Crippen LogP contribution in [-0.4, -0.2) is 0 Å². The van der Waals surface area contributed by atoms with Gasteiger partial charge in [0.2, 0.25) is 0 Å². The van der Waals surface area contributed by atoms with Crippen LogP contribution in [0.25, 0.3) is 38.6 Å². The largest absolute Gasteiger partial charge is 0.355 e. The summed E-state index contributed by atoms with van der Waals surface area (Å²) in [7, 11) is 0. The second-order valence-electron chi connectivity index (χ2n) is 16.3. The van der Waals surface area contributed by atoms with Crippen molar-refractivity contribution in [1.29, 1.82) is 0 Å². The molecule has 1 unspecified atom stereocenters. The Bertz CT molecular complexity index is 3230. The highest BCUT2D eigenvalue weighted by Gasteiger charge is 2.47. The van der Waals surface area contributed by atoms with Gasteiger partial charge in [0.25, 0.3) is 0 Å². The Morgan fingerprint density at radius 2 is 1.09 bits per heavy atom. The van der Waals surface area contributed by atoms with Crippen LogP contribution in [0.5, 0.6) is 0 Å². The molecule has 0 saturated carbocycles. The first-order valence-electron chi connectivity index (χ1n) is 21.9. The van der Waals surface area contributed by atoms with E-state index in [9.17, 15) is 0 Å². The minimum Gasteiger partial charge on any atom is -0.355 e. The van der Waals surface area contributed by atoms with Crippen LogP contribution < -0.4 is 10.2 Å². The Balaban J connectivity index is 1.24. The molecule has 64 heavy (non-hydrogen) atoms. The zero-order chi connectivity index (χ0) is 43.5. The van der Waals surface area contributed by atoms with Gasteiger partial charge in [0.05, 0.1) is 11.1 Å². The van der Waals surface area contributed by atoms with E-state index in [0.717, 1.165) is 50.5 Å². The molecule has 0 fully saturated rings. The summed E-state index contributed by atoms with van der Waals surface area (Å²) in [5.74, 6) is 0. The number of hydrogen-bond acceptors (Lipinski definition) is 2. The lowest BCUT2D eigenvalue weighted by atomic mass is 9.66. The first kappa shape index (κ1) is 39.9. The van der Waals surface area contributed by atoms with Crippen LogP contribution >= 0.6 is 0 Å². The van der Waals surface area contributed by atoms with Crippen LogP contribution in [0.15, 0.2) is 261 Å². The van der Waals surface area contributed by atoms with Crippen molar-refractivity contribution in [2.24, 2.45) is 0 Å². The molecule has 9 aromatic carbocycles. The minimum atomic E-state index is -0.634. The quantitative estimate of drug-likeness (QED) is 0.124. The number of allylic oxidation sites excluding steroid dienone is 6. The van der Waals surface area contributed by atoms with E-state index in [4.69, 9.17) is 0 Å². The van der Waals surface area contributed by atoms with Crippen LogP contribution in [0, 0.1) is 0 Å². The van der Waals surface area contributed by atoms with Crippen molar-refractivity contribution in [1.82, 2.24) is 0 Å². The van der Waals surface area contributed by atoms with E-state index in [2.05, 4.69) is 236 Å². The highest BCUT2D eigenvalue weighted by molar-refractivity contribution is 6.01. The minimum absolute atomic E-state index is 0.634. The van der Waals surface area contributed by atoms with Crippen LogP contribution in [0.1, 0.15) is 34.7 Å². The molecule has 0 bridgehead atoms. The average Bonchev–Trinajstić information content (AvgIpc) is 3.65. The molecular formula is C62H48N2. The van der Waals surface area contributed by atoms with Crippen LogP contribution in [0.3, 0.4) is 0 Å². The molecular weight excluding hydrogens is 773 g/mol. The highest BCUT2D eigenvalue weighted by Crippen LogP contribution is 2.59. The number of anilines is 5. The Morgan fingerprint density at radius 1 is 0.500 bits per heavy atom. The Kier molecular flexibility index (Phi) is 10.8. The second-order valence-corrected chi connectivity index (χ2v) is 16.3. The predicted molar refractivity (Wildman–Crippen MR) is 273 cm³/mol. The summed E-state index contributed by atoms with van der Waals surface area (Å²) in [4.78, 5) is 2.43. The van der Waals surface area contributed by atoms with Crippen molar-refractivity contribution in [3.8, 4) is 22.3 Å². The highest BCUT2D eigenvalue weighted by atomic mass is 15.1. The molecule has 0 amide bonds. The number of nitrogens with zero attached hydrogens (tertiary/aromatic N) is 1. The molecule has 0 spiro atoms. The summed E-state index contributed by atoms with van der Waals surface area (Å²) in [5, 5.41) is 6.11. The zero-order valence-electron chi connectivity index (χ0n) is 36.0. The first-order chi connectivity index (χ1) is 31.5. The molecule has 0 saturated heterocycles. The topological polar surface area (TPSA) is 15.3 Å². The lowest BCUT2D eigenvalue weighted by Gasteiger charge is -2.36. The van der Waals surface area contributed by atoms with Gasteiger partial charge in [0, 0.05) is 33.7 Å². The average molecular weight is 821 g/mol. The van der Waals surface area contributed by atoms with E-state index in [0.29, 0.717) is 0 Å². The monoisotopic (exact) mass is 820 g/mol. The molecule has 9 aromatic rings. The van der Waals surface area contributed by atoms with Gasteiger partial charge in [-0.25, -0.2) is 0 Å². The summed E-state index contributed by atoms with van der Waals surface area (Å²) < 4.78 is 0. The van der Waals surface area contributed by atoms with Crippen molar-refractivity contribution >= 4 is 44.8 Å². The van der Waals surface area contributed by atoms with E-state index in [-0.39, 0.29) is 0 Å². The third kappa shape index (κ3) is 7.15. The number of para-hydroxylation sites is 1. The van der Waals surface area contributed by atoms with E-state index < -0.39 is 5.41 Å². The van der Waals surface area contributed by atoms with Crippen LogP contribution in [0.4, 0.5) is 28.4 Å². The third-order valence-electron chi connectivity index (χ3n) is 12.5. The summed E-state index contributed by atoms with van der Waals surface area (Å²) in [6.07, 6.45) is 8.06. The van der Waals surface area contributed by atoms with E-state index in [1.807, 2.05) is 37.3 Å². The van der Waals surface area contributed by atoms with Gasteiger partial charge in [-0.15, -0.1) is 0 Å². The third-order valence-corrected chi connectivity index (χ3v) is 12.5. The molecule has 1 atom stereocenters. The summed E-state index contributed by atoms with van der Waals surface area (Å²) in [6, 6.07) is 79.3. The van der Waals surface area contributed by atoms with Gasteiger partial charge < -0.3 is 10.2 Å². The van der Waals surface area contributed by atoms with E-state index >= 15 is 0 Å². The van der Waals surface area contributed by atoms with Crippen molar-refractivity contribution in [2.75, 3.05) is 10.2 Å². The lowest BCUT2D eigenvalue weighted by molar-refractivity contribution is 0.770. The molecule has 10 rings (SSSR count). The van der Waals surface area contributed by atoms with Crippen LogP contribution in [0.2, 0.25) is 0 Å². The maximum Gasteiger partial charge on any atom is 0.0720 e. The number of fused-ring (bicyclic) bond motifs is 4. The summed E-state index contributed by atoms with van der Waals surface area (Å²) >= 11 is 0.